The van der Waals surface area contributed by atoms with Crippen LogP contribution in [0.3, 0.4) is 0 Å². The molecule has 0 saturated heterocycles. The van der Waals surface area contributed by atoms with Gasteiger partial charge in [-0.05, 0) is 30.7 Å². The van der Waals surface area contributed by atoms with Crippen molar-refractivity contribution in [1.29, 1.82) is 0 Å². The number of methoxy groups -OCH3 is 1. The molecule has 0 aliphatic rings. The number of carbonyl (C=O) groups excluding carboxylic acids is 1. The zero-order valence-corrected chi connectivity index (χ0v) is 13.9. The van der Waals surface area contributed by atoms with E-state index in [9.17, 15) is 9.90 Å². The zero-order chi connectivity index (χ0) is 17.3. The standard InChI is InChI=1S/C18H15ClN2O3.CH4/c1-10-8-14(15(24-2)9-13(10)19)21-18(23)12-6-5-11-4-3-7-20-16(11)17(12)22;/h3-9,22H,1-2H3,(H,21,23);1H4. The number of phenols is 1. The van der Waals surface area contributed by atoms with E-state index in [2.05, 4.69) is 10.3 Å². The molecule has 1 aromatic heterocycles. The van der Waals surface area contributed by atoms with Crippen LogP contribution in [-0.4, -0.2) is 23.1 Å². The van der Waals surface area contributed by atoms with E-state index in [-0.39, 0.29) is 18.7 Å². The average molecular weight is 359 g/mol. The molecule has 3 aromatic rings. The number of anilines is 1. The van der Waals surface area contributed by atoms with Crippen molar-refractivity contribution in [3.05, 3.63) is 58.7 Å². The van der Waals surface area contributed by atoms with E-state index in [1.165, 1.54) is 7.11 Å². The minimum atomic E-state index is -0.458. The number of pyridine rings is 1. The molecule has 1 heterocycles. The highest BCUT2D eigenvalue weighted by atomic mass is 35.5. The van der Waals surface area contributed by atoms with Crippen LogP contribution in [-0.2, 0) is 0 Å². The number of phenolic OH excluding ortho intramolecular Hbond substituents is 1. The fourth-order valence-corrected chi connectivity index (χ4v) is 2.59. The summed E-state index contributed by atoms with van der Waals surface area (Å²) in [6.45, 7) is 1.83. The van der Waals surface area contributed by atoms with Crippen LogP contribution in [0.25, 0.3) is 10.9 Å². The van der Waals surface area contributed by atoms with Crippen LogP contribution in [0.1, 0.15) is 23.3 Å². The summed E-state index contributed by atoms with van der Waals surface area (Å²) in [5.41, 5.74) is 1.79. The lowest BCUT2D eigenvalue weighted by Gasteiger charge is -2.13. The summed E-state index contributed by atoms with van der Waals surface area (Å²) in [5.74, 6) is -0.173. The van der Waals surface area contributed by atoms with E-state index >= 15 is 0 Å². The van der Waals surface area contributed by atoms with Gasteiger partial charge >= 0.3 is 0 Å². The van der Waals surface area contributed by atoms with Crippen molar-refractivity contribution < 1.29 is 14.6 Å². The maximum atomic E-state index is 12.6. The van der Waals surface area contributed by atoms with Crippen molar-refractivity contribution in [2.24, 2.45) is 0 Å². The van der Waals surface area contributed by atoms with E-state index in [1.807, 2.05) is 13.0 Å². The molecule has 25 heavy (non-hydrogen) atoms. The van der Waals surface area contributed by atoms with Gasteiger partial charge in [0, 0.05) is 22.7 Å². The molecule has 0 bridgehead atoms. The number of benzene rings is 2. The highest BCUT2D eigenvalue weighted by Crippen LogP contribution is 2.32. The van der Waals surface area contributed by atoms with Gasteiger partial charge in [-0.25, -0.2) is 0 Å². The second kappa shape index (κ2) is 7.40. The molecular weight excluding hydrogens is 340 g/mol. The van der Waals surface area contributed by atoms with Gasteiger partial charge in [0.1, 0.15) is 11.3 Å². The Bertz CT molecular complexity index is 941. The monoisotopic (exact) mass is 358 g/mol. The molecule has 3 rings (SSSR count). The van der Waals surface area contributed by atoms with Gasteiger partial charge in [0.2, 0.25) is 0 Å². The highest BCUT2D eigenvalue weighted by Gasteiger charge is 2.17. The number of fused-ring (bicyclic) bond motifs is 1. The Morgan fingerprint density at radius 3 is 2.76 bits per heavy atom. The van der Waals surface area contributed by atoms with E-state index in [0.29, 0.717) is 22.0 Å². The Morgan fingerprint density at radius 1 is 1.28 bits per heavy atom. The van der Waals surface area contributed by atoms with Gasteiger partial charge in [-0.1, -0.05) is 31.2 Å². The average Bonchev–Trinajstić information content (AvgIpc) is 2.58. The number of amides is 1. The van der Waals surface area contributed by atoms with Gasteiger partial charge in [-0.2, -0.15) is 0 Å². The normalized spacial score (nSPS) is 10.2. The second-order valence-corrected chi connectivity index (χ2v) is 5.70. The molecule has 6 heteroatoms. The van der Waals surface area contributed by atoms with Crippen LogP contribution in [0.2, 0.25) is 5.02 Å². The number of nitrogens with zero attached hydrogens (tertiary/aromatic N) is 1. The molecule has 1 amide bonds. The molecule has 0 fully saturated rings. The first-order chi connectivity index (χ1) is 11.5. The summed E-state index contributed by atoms with van der Waals surface area (Å²) in [6.07, 6.45) is 1.56. The predicted molar refractivity (Wildman–Crippen MR) is 101 cm³/mol. The first-order valence-electron chi connectivity index (χ1n) is 7.23. The lowest BCUT2D eigenvalue weighted by atomic mass is 10.1. The minimum Gasteiger partial charge on any atom is -0.505 e. The Morgan fingerprint density at radius 2 is 2.04 bits per heavy atom. The van der Waals surface area contributed by atoms with E-state index in [1.54, 1.807) is 36.5 Å². The third-order valence-electron chi connectivity index (χ3n) is 3.72. The van der Waals surface area contributed by atoms with Gasteiger partial charge in [-0.15, -0.1) is 0 Å². The van der Waals surface area contributed by atoms with Gasteiger partial charge in [0.15, 0.2) is 5.75 Å². The van der Waals surface area contributed by atoms with Crippen molar-refractivity contribution in [3.8, 4) is 11.5 Å². The number of ether oxygens (including phenoxy) is 1. The summed E-state index contributed by atoms with van der Waals surface area (Å²) in [4.78, 5) is 16.7. The van der Waals surface area contributed by atoms with Gasteiger partial charge in [0.25, 0.3) is 5.91 Å². The van der Waals surface area contributed by atoms with E-state index in [0.717, 1.165) is 10.9 Å². The topological polar surface area (TPSA) is 71.5 Å². The maximum Gasteiger partial charge on any atom is 0.259 e. The number of hydrogen-bond donors (Lipinski definition) is 2. The molecule has 0 unspecified atom stereocenters. The molecule has 5 nitrogen and oxygen atoms in total. The first-order valence-corrected chi connectivity index (χ1v) is 7.61. The summed E-state index contributed by atoms with van der Waals surface area (Å²) >= 11 is 6.07. The van der Waals surface area contributed by atoms with Crippen molar-refractivity contribution in [2.75, 3.05) is 12.4 Å². The Balaban J connectivity index is 0.00000225. The van der Waals surface area contributed by atoms with Gasteiger partial charge < -0.3 is 15.2 Å². The number of nitrogens with one attached hydrogen (secondary N) is 1. The van der Waals surface area contributed by atoms with Crippen LogP contribution in [0.4, 0.5) is 5.69 Å². The molecular formula is C19H19ClN2O3. The Kier molecular flexibility index (Phi) is 5.49. The third kappa shape index (κ3) is 3.51. The van der Waals surface area contributed by atoms with Gasteiger partial charge in [-0.3, -0.25) is 9.78 Å². The van der Waals surface area contributed by atoms with Crippen LogP contribution in [0.5, 0.6) is 11.5 Å². The molecule has 2 aromatic carbocycles. The summed E-state index contributed by atoms with van der Waals surface area (Å²) in [5, 5.41) is 14.4. The van der Waals surface area contributed by atoms with Crippen LogP contribution in [0.15, 0.2) is 42.6 Å². The lowest BCUT2D eigenvalue weighted by molar-refractivity contribution is 0.102. The van der Waals surface area contributed by atoms with E-state index < -0.39 is 5.91 Å². The maximum absolute atomic E-state index is 12.6. The highest BCUT2D eigenvalue weighted by molar-refractivity contribution is 6.31. The molecule has 0 aliphatic carbocycles. The molecule has 0 spiro atoms. The Hall–Kier alpha value is -2.79. The van der Waals surface area contributed by atoms with E-state index in [4.69, 9.17) is 16.3 Å². The summed E-state index contributed by atoms with van der Waals surface area (Å²) < 4.78 is 5.24. The molecule has 130 valence electrons. The van der Waals surface area contributed by atoms with Crippen molar-refractivity contribution >= 4 is 34.1 Å². The number of carbonyl (C=O) groups is 1. The number of aromatic nitrogens is 1. The summed E-state index contributed by atoms with van der Waals surface area (Å²) in [6, 6.07) is 10.2. The number of hydrogen-bond acceptors (Lipinski definition) is 4. The van der Waals surface area contributed by atoms with Crippen molar-refractivity contribution in [2.45, 2.75) is 14.4 Å². The number of aryl methyl sites for hydroxylation is 1. The smallest absolute Gasteiger partial charge is 0.259 e. The number of rotatable bonds is 3. The second-order valence-electron chi connectivity index (χ2n) is 5.29. The predicted octanol–water partition coefficient (Wildman–Crippen LogP) is 4.80. The van der Waals surface area contributed by atoms with Crippen LogP contribution < -0.4 is 10.1 Å². The molecule has 0 radical (unpaired) electrons. The molecule has 0 aliphatic heterocycles. The van der Waals surface area contributed by atoms with Crippen molar-refractivity contribution in [1.82, 2.24) is 4.98 Å². The SMILES string of the molecule is C.COc1cc(Cl)c(C)cc1NC(=O)c1ccc2cccnc2c1O. The summed E-state index contributed by atoms with van der Waals surface area (Å²) in [7, 11) is 1.49. The minimum absolute atomic E-state index is 0. The van der Waals surface area contributed by atoms with Crippen LogP contribution >= 0.6 is 11.6 Å². The third-order valence-corrected chi connectivity index (χ3v) is 4.13. The first kappa shape index (κ1) is 18.5. The molecule has 2 N–H and O–H groups in total. The Labute approximate surface area is 151 Å². The van der Waals surface area contributed by atoms with Gasteiger partial charge in [0.05, 0.1) is 18.4 Å². The fraction of sp³-hybridized carbons (Fsp3) is 0.158. The lowest BCUT2D eigenvalue weighted by Crippen LogP contribution is -2.13. The molecule has 0 saturated carbocycles. The number of aromatic hydroxyl groups is 1. The zero-order valence-electron chi connectivity index (χ0n) is 13.1. The molecule has 0 atom stereocenters. The van der Waals surface area contributed by atoms with Crippen molar-refractivity contribution in [3.63, 3.8) is 0 Å². The number of halogens is 1. The van der Waals surface area contributed by atoms with Crippen LogP contribution in [0, 0.1) is 6.92 Å². The fourth-order valence-electron chi connectivity index (χ4n) is 2.43. The quantitative estimate of drug-likeness (QED) is 0.705. The largest absolute Gasteiger partial charge is 0.505 e.